The molecule has 0 spiro atoms. The van der Waals surface area contributed by atoms with Crippen LogP contribution in [0.3, 0.4) is 0 Å². The second-order valence-electron chi connectivity index (χ2n) is 5.50. The van der Waals surface area contributed by atoms with Gasteiger partial charge in [0.1, 0.15) is 17.8 Å². The van der Waals surface area contributed by atoms with Gasteiger partial charge in [0, 0.05) is 25.2 Å². The van der Waals surface area contributed by atoms with Gasteiger partial charge in [0.2, 0.25) is 0 Å². The molecular weight excluding hydrogens is 292 g/mol. The van der Waals surface area contributed by atoms with Gasteiger partial charge in [0.15, 0.2) is 0 Å². The van der Waals surface area contributed by atoms with Gasteiger partial charge in [-0.1, -0.05) is 18.2 Å². The third kappa shape index (κ3) is 2.98. The van der Waals surface area contributed by atoms with Crippen LogP contribution in [0, 0.1) is 0 Å². The van der Waals surface area contributed by atoms with Gasteiger partial charge in [-0.25, -0.2) is 9.97 Å². The number of carbonyl (C=O) groups is 1. The molecule has 2 aromatic heterocycles. The lowest BCUT2D eigenvalue weighted by Crippen LogP contribution is -2.28. The van der Waals surface area contributed by atoms with Crippen molar-refractivity contribution in [1.29, 1.82) is 0 Å². The van der Waals surface area contributed by atoms with Crippen molar-refractivity contribution < 1.29 is 4.79 Å². The molecule has 118 valence electrons. The van der Waals surface area contributed by atoms with Crippen LogP contribution in [-0.2, 0) is 0 Å². The van der Waals surface area contributed by atoms with E-state index in [-0.39, 0.29) is 11.9 Å². The van der Waals surface area contributed by atoms with E-state index >= 15 is 0 Å². The second kappa shape index (κ2) is 6.04. The lowest BCUT2D eigenvalue weighted by molar-refractivity contribution is 0.0933. The Kier molecular flexibility index (Phi) is 3.92. The Bertz CT molecular complexity index is 828. The molecular formula is C16H18N6O. The molecule has 7 nitrogen and oxygen atoms in total. The minimum Gasteiger partial charge on any atom is -0.377 e. The number of hydrogen-bond acceptors (Lipinski definition) is 5. The van der Waals surface area contributed by atoms with Crippen molar-refractivity contribution in [2.45, 2.75) is 13.0 Å². The van der Waals surface area contributed by atoms with E-state index in [2.05, 4.69) is 25.5 Å². The number of nitrogens with one attached hydrogen (secondary N) is 2. The molecule has 1 unspecified atom stereocenters. The largest absolute Gasteiger partial charge is 0.377 e. The minimum atomic E-state index is -0.277. The third-order valence-corrected chi connectivity index (χ3v) is 3.60. The highest BCUT2D eigenvalue weighted by atomic mass is 16.1. The molecule has 23 heavy (non-hydrogen) atoms. The van der Waals surface area contributed by atoms with Gasteiger partial charge in [-0.15, -0.1) is 0 Å². The molecule has 1 aromatic carbocycles. The van der Waals surface area contributed by atoms with Gasteiger partial charge in [-0.05, 0) is 19.1 Å². The predicted octanol–water partition coefficient (Wildman–Crippen LogP) is 1.91. The van der Waals surface area contributed by atoms with Crippen LogP contribution in [0.25, 0.3) is 10.9 Å². The van der Waals surface area contributed by atoms with Crippen LogP contribution >= 0.6 is 0 Å². The standard InChI is InChI=1S/C16H18N6O/c1-10(15-17-9-18-21-15)19-16(23)13-8-14(22(2)3)11-6-4-5-7-12(11)20-13/h4-10H,1-3H3,(H,19,23)(H,17,18,21). The summed E-state index contributed by atoms with van der Waals surface area (Å²) in [7, 11) is 3.89. The lowest BCUT2D eigenvalue weighted by atomic mass is 10.1. The summed E-state index contributed by atoms with van der Waals surface area (Å²) in [5, 5.41) is 10.4. The zero-order valence-electron chi connectivity index (χ0n) is 13.2. The number of carbonyl (C=O) groups excluding carboxylic acids is 1. The SMILES string of the molecule is CC(NC(=O)c1cc(N(C)C)c2ccccc2n1)c1ncn[nH]1. The first-order valence-electron chi connectivity index (χ1n) is 7.29. The number of H-pyrrole nitrogens is 1. The Morgan fingerprint density at radius 2 is 2.09 bits per heavy atom. The summed E-state index contributed by atoms with van der Waals surface area (Å²) in [6, 6.07) is 9.29. The average molecular weight is 310 g/mol. The fourth-order valence-corrected chi connectivity index (χ4v) is 2.41. The van der Waals surface area contributed by atoms with E-state index < -0.39 is 0 Å². The van der Waals surface area contributed by atoms with E-state index in [4.69, 9.17) is 0 Å². The second-order valence-corrected chi connectivity index (χ2v) is 5.50. The average Bonchev–Trinajstić information content (AvgIpc) is 3.08. The van der Waals surface area contributed by atoms with Gasteiger partial charge in [-0.2, -0.15) is 5.10 Å². The number of aromatic amines is 1. The fourth-order valence-electron chi connectivity index (χ4n) is 2.41. The molecule has 0 fully saturated rings. The molecule has 0 bridgehead atoms. The monoisotopic (exact) mass is 310 g/mol. The first-order chi connectivity index (χ1) is 11.1. The molecule has 2 heterocycles. The summed E-state index contributed by atoms with van der Waals surface area (Å²) in [6.07, 6.45) is 1.41. The van der Waals surface area contributed by atoms with Crippen molar-refractivity contribution in [1.82, 2.24) is 25.5 Å². The Hall–Kier alpha value is -2.96. The Labute approximate surface area is 133 Å². The number of pyridine rings is 1. The van der Waals surface area contributed by atoms with Gasteiger partial charge >= 0.3 is 0 Å². The van der Waals surface area contributed by atoms with Crippen LogP contribution in [-0.4, -0.2) is 40.2 Å². The molecule has 3 aromatic rings. The van der Waals surface area contributed by atoms with E-state index in [0.29, 0.717) is 11.5 Å². The summed E-state index contributed by atoms with van der Waals surface area (Å²) in [6.45, 7) is 1.84. The van der Waals surface area contributed by atoms with Crippen LogP contribution < -0.4 is 10.2 Å². The molecule has 7 heteroatoms. The number of anilines is 1. The molecule has 1 amide bonds. The summed E-state index contributed by atoms with van der Waals surface area (Å²) < 4.78 is 0. The molecule has 3 rings (SSSR count). The van der Waals surface area contributed by atoms with Crippen molar-refractivity contribution in [2.24, 2.45) is 0 Å². The van der Waals surface area contributed by atoms with Crippen LogP contribution in [0.5, 0.6) is 0 Å². The van der Waals surface area contributed by atoms with Gasteiger partial charge < -0.3 is 10.2 Å². The first-order valence-corrected chi connectivity index (χ1v) is 7.29. The van der Waals surface area contributed by atoms with Crippen LogP contribution in [0.2, 0.25) is 0 Å². The van der Waals surface area contributed by atoms with Crippen molar-refractivity contribution in [2.75, 3.05) is 19.0 Å². The molecule has 0 aliphatic carbocycles. The van der Waals surface area contributed by atoms with E-state index in [0.717, 1.165) is 16.6 Å². The molecule has 0 saturated carbocycles. The summed E-state index contributed by atoms with van der Waals surface area (Å²) in [5.41, 5.74) is 2.11. The Morgan fingerprint density at radius 1 is 1.30 bits per heavy atom. The smallest absolute Gasteiger partial charge is 0.270 e. The minimum absolute atomic E-state index is 0.247. The van der Waals surface area contributed by atoms with Crippen LogP contribution in [0.4, 0.5) is 5.69 Å². The Balaban J connectivity index is 1.94. The maximum absolute atomic E-state index is 12.5. The van der Waals surface area contributed by atoms with Crippen LogP contribution in [0.1, 0.15) is 29.3 Å². The number of nitrogens with zero attached hydrogens (tertiary/aromatic N) is 4. The van der Waals surface area contributed by atoms with Gasteiger partial charge in [0.05, 0.1) is 11.6 Å². The molecule has 0 saturated heterocycles. The summed E-state index contributed by atoms with van der Waals surface area (Å²) >= 11 is 0. The van der Waals surface area contributed by atoms with Crippen LogP contribution in [0.15, 0.2) is 36.7 Å². The highest BCUT2D eigenvalue weighted by Gasteiger charge is 2.17. The van der Waals surface area contributed by atoms with E-state index in [1.165, 1.54) is 6.33 Å². The quantitative estimate of drug-likeness (QED) is 0.768. The van der Waals surface area contributed by atoms with Gasteiger partial charge in [-0.3, -0.25) is 9.89 Å². The molecule has 0 radical (unpaired) electrons. The number of aromatic nitrogens is 4. The molecule has 0 aliphatic rings. The fraction of sp³-hybridized carbons (Fsp3) is 0.250. The highest BCUT2D eigenvalue weighted by Crippen LogP contribution is 2.25. The van der Waals surface area contributed by atoms with E-state index in [9.17, 15) is 4.79 Å². The summed E-state index contributed by atoms with van der Waals surface area (Å²) in [4.78, 5) is 23.0. The maximum atomic E-state index is 12.5. The number of hydrogen-bond donors (Lipinski definition) is 2. The molecule has 2 N–H and O–H groups in total. The molecule has 1 atom stereocenters. The number of fused-ring (bicyclic) bond motifs is 1. The number of amides is 1. The van der Waals surface area contributed by atoms with Gasteiger partial charge in [0.25, 0.3) is 5.91 Å². The number of benzene rings is 1. The maximum Gasteiger partial charge on any atom is 0.270 e. The van der Waals surface area contributed by atoms with Crippen molar-refractivity contribution in [3.8, 4) is 0 Å². The topological polar surface area (TPSA) is 86.8 Å². The van der Waals surface area contributed by atoms with Crippen molar-refractivity contribution >= 4 is 22.5 Å². The third-order valence-electron chi connectivity index (χ3n) is 3.60. The Morgan fingerprint density at radius 3 is 2.78 bits per heavy atom. The van der Waals surface area contributed by atoms with E-state index in [1.54, 1.807) is 6.07 Å². The lowest BCUT2D eigenvalue weighted by Gasteiger charge is -2.17. The molecule has 0 aliphatic heterocycles. The van der Waals surface area contributed by atoms with Crippen molar-refractivity contribution in [3.05, 3.63) is 48.2 Å². The highest BCUT2D eigenvalue weighted by molar-refractivity contribution is 6.00. The zero-order chi connectivity index (χ0) is 16.4. The van der Waals surface area contributed by atoms with E-state index in [1.807, 2.05) is 50.2 Å². The summed E-state index contributed by atoms with van der Waals surface area (Å²) in [5.74, 6) is 0.356. The number of para-hydroxylation sites is 1. The first kappa shape index (κ1) is 15.0. The number of rotatable bonds is 4. The predicted molar refractivity (Wildman–Crippen MR) is 88.3 cm³/mol. The zero-order valence-corrected chi connectivity index (χ0v) is 13.2. The normalized spacial score (nSPS) is 12.1. The van der Waals surface area contributed by atoms with Crippen molar-refractivity contribution in [3.63, 3.8) is 0 Å².